The third-order valence-corrected chi connectivity index (χ3v) is 4.42. The molecule has 0 aliphatic heterocycles. The van der Waals surface area contributed by atoms with Crippen molar-refractivity contribution in [2.24, 2.45) is 5.92 Å². The number of nitrogens with one attached hydrogen (secondary N) is 1. The third-order valence-electron chi connectivity index (χ3n) is 2.87. The number of hydrogen-bond acceptors (Lipinski definition) is 3. The smallest absolute Gasteiger partial charge is 0.118 e. The molecule has 1 aromatic heterocycles. The van der Waals surface area contributed by atoms with Crippen LogP contribution in [0.2, 0.25) is 0 Å². The van der Waals surface area contributed by atoms with Gasteiger partial charge in [0.25, 0.3) is 0 Å². The van der Waals surface area contributed by atoms with E-state index in [1.54, 1.807) is 0 Å². The first-order chi connectivity index (χ1) is 8.51. The monoisotopic (exact) mass is 271 g/mol. The van der Waals surface area contributed by atoms with E-state index in [1.807, 2.05) is 12.1 Å². The van der Waals surface area contributed by atoms with E-state index in [-0.39, 0.29) is 0 Å². The second kappa shape index (κ2) is 7.74. The maximum absolute atomic E-state index is 11.9. The van der Waals surface area contributed by atoms with Crippen molar-refractivity contribution in [1.29, 1.82) is 0 Å². The van der Waals surface area contributed by atoms with Crippen molar-refractivity contribution in [1.82, 2.24) is 5.32 Å². The molecular weight excluding hydrogens is 246 g/mol. The summed E-state index contributed by atoms with van der Waals surface area (Å²) in [6.07, 6.45) is 1.08. The summed E-state index contributed by atoms with van der Waals surface area (Å²) in [5, 5.41) is 3.30. The summed E-state index contributed by atoms with van der Waals surface area (Å²) in [4.78, 5) is 0. The highest BCUT2D eigenvalue weighted by Gasteiger charge is 2.10. The molecule has 0 saturated heterocycles. The van der Waals surface area contributed by atoms with Gasteiger partial charge in [0.05, 0.1) is 12.3 Å². The number of rotatable bonds is 8. The molecule has 0 amide bonds. The predicted octanol–water partition coefficient (Wildman–Crippen LogP) is 3.07. The first-order valence-electron chi connectivity index (χ1n) is 6.67. The Morgan fingerprint density at radius 1 is 1.28 bits per heavy atom. The van der Waals surface area contributed by atoms with E-state index in [0.717, 1.165) is 30.2 Å². The van der Waals surface area contributed by atoms with E-state index in [2.05, 4.69) is 33.0 Å². The lowest BCUT2D eigenvalue weighted by Gasteiger charge is -2.07. The van der Waals surface area contributed by atoms with E-state index in [1.165, 1.54) is 0 Å². The Labute approximate surface area is 113 Å². The standard InChI is InChI=1S/C14H25NO2S/c1-5-12(4)9-18(16)10-14-7-6-13(17-14)8-15-11(2)3/h6-7,11-12,15H,5,8-10H2,1-4H3. The summed E-state index contributed by atoms with van der Waals surface area (Å²) in [5.41, 5.74) is 0. The first-order valence-corrected chi connectivity index (χ1v) is 8.16. The quantitative estimate of drug-likeness (QED) is 0.790. The molecule has 0 radical (unpaired) electrons. The van der Waals surface area contributed by atoms with Crippen LogP contribution in [0.25, 0.3) is 0 Å². The maximum atomic E-state index is 11.9. The predicted molar refractivity (Wildman–Crippen MR) is 76.9 cm³/mol. The minimum atomic E-state index is -0.815. The van der Waals surface area contributed by atoms with Crippen molar-refractivity contribution in [3.8, 4) is 0 Å². The lowest BCUT2D eigenvalue weighted by molar-refractivity contribution is 0.444. The average molecular weight is 271 g/mol. The first kappa shape index (κ1) is 15.4. The van der Waals surface area contributed by atoms with E-state index in [9.17, 15) is 4.21 Å². The van der Waals surface area contributed by atoms with Crippen LogP contribution in [0.15, 0.2) is 16.5 Å². The van der Waals surface area contributed by atoms with Gasteiger partial charge in [0, 0.05) is 22.6 Å². The molecule has 1 N–H and O–H groups in total. The molecule has 0 saturated carbocycles. The van der Waals surface area contributed by atoms with Crippen LogP contribution in [0, 0.1) is 5.92 Å². The van der Waals surface area contributed by atoms with Gasteiger partial charge in [-0.05, 0) is 18.1 Å². The Morgan fingerprint density at radius 2 is 1.94 bits per heavy atom. The maximum Gasteiger partial charge on any atom is 0.118 e. The van der Waals surface area contributed by atoms with Crippen LogP contribution >= 0.6 is 0 Å². The molecule has 104 valence electrons. The van der Waals surface area contributed by atoms with Crippen molar-refractivity contribution in [3.63, 3.8) is 0 Å². The molecule has 0 aliphatic carbocycles. The van der Waals surface area contributed by atoms with Gasteiger partial charge in [0.15, 0.2) is 0 Å². The molecule has 0 aliphatic rings. The Kier molecular flexibility index (Phi) is 6.65. The Bertz CT molecular complexity index is 374. The molecule has 3 nitrogen and oxygen atoms in total. The van der Waals surface area contributed by atoms with E-state index < -0.39 is 10.8 Å². The summed E-state index contributed by atoms with van der Waals surface area (Å²) in [6, 6.07) is 4.34. The van der Waals surface area contributed by atoms with Crippen LogP contribution in [0.5, 0.6) is 0 Å². The van der Waals surface area contributed by atoms with Crippen LogP contribution in [-0.2, 0) is 23.1 Å². The summed E-state index contributed by atoms with van der Waals surface area (Å²) in [6.45, 7) is 9.20. The average Bonchev–Trinajstić information content (AvgIpc) is 2.73. The zero-order valence-corrected chi connectivity index (χ0v) is 12.7. The third kappa shape index (κ3) is 5.83. The number of furan rings is 1. The van der Waals surface area contributed by atoms with Gasteiger partial charge in [-0.1, -0.05) is 34.1 Å². The fourth-order valence-electron chi connectivity index (χ4n) is 1.55. The van der Waals surface area contributed by atoms with Gasteiger partial charge < -0.3 is 9.73 Å². The Hall–Kier alpha value is -0.610. The van der Waals surface area contributed by atoms with Crippen LogP contribution < -0.4 is 5.32 Å². The van der Waals surface area contributed by atoms with Crippen molar-refractivity contribution >= 4 is 10.8 Å². The normalized spacial score (nSPS) is 14.9. The Balaban J connectivity index is 2.41. The van der Waals surface area contributed by atoms with Crippen molar-refractivity contribution in [2.45, 2.75) is 52.5 Å². The molecular formula is C14H25NO2S. The second-order valence-electron chi connectivity index (χ2n) is 5.17. The molecule has 0 bridgehead atoms. The SMILES string of the molecule is CCC(C)CS(=O)Cc1ccc(CNC(C)C)o1. The molecule has 1 heterocycles. The van der Waals surface area contributed by atoms with Gasteiger partial charge in [-0.2, -0.15) is 0 Å². The van der Waals surface area contributed by atoms with E-state index in [0.29, 0.717) is 17.7 Å². The van der Waals surface area contributed by atoms with Gasteiger partial charge in [-0.3, -0.25) is 4.21 Å². The molecule has 1 aromatic rings. The molecule has 0 fully saturated rings. The zero-order valence-electron chi connectivity index (χ0n) is 11.9. The lowest BCUT2D eigenvalue weighted by Crippen LogP contribution is -2.21. The van der Waals surface area contributed by atoms with Crippen molar-refractivity contribution in [2.75, 3.05) is 5.75 Å². The summed E-state index contributed by atoms with van der Waals surface area (Å²) in [5.74, 6) is 3.56. The lowest BCUT2D eigenvalue weighted by atomic mass is 10.2. The van der Waals surface area contributed by atoms with Gasteiger partial charge >= 0.3 is 0 Å². The van der Waals surface area contributed by atoms with Crippen molar-refractivity contribution < 1.29 is 8.63 Å². The van der Waals surface area contributed by atoms with Gasteiger partial charge in [-0.15, -0.1) is 0 Å². The van der Waals surface area contributed by atoms with Crippen LogP contribution in [-0.4, -0.2) is 16.0 Å². The van der Waals surface area contributed by atoms with Crippen LogP contribution in [0.3, 0.4) is 0 Å². The largest absolute Gasteiger partial charge is 0.464 e. The highest BCUT2D eigenvalue weighted by Crippen LogP contribution is 2.12. The van der Waals surface area contributed by atoms with Gasteiger partial charge in [0.2, 0.25) is 0 Å². The van der Waals surface area contributed by atoms with Gasteiger partial charge in [-0.25, -0.2) is 0 Å². The highest BCUT2D eigenvalue weighted by molar-refractivity contribution is 7.84. The topological polar surface area (TPSA) is 42.2 Å². The van der Waals surface area contributed by atoms with Crippen molar-refractivity contribution in [3.05, 3.63) is 23.7 Å². The van der Waals surface area contributed by atoms with E-state index in [4.69, 9.17) is 4.42 Å². The highest BCUT2D eigenvalue weighted by atomic mass is 32.2. The molecule has 4 heteroatoms. The van der Waals surface area contributed by atoms with E-state index >= 15 is 0 Å². The molecule has 2 unspecified atom stereocenters. The Morgan fingerprint density at radius 3 is 2.56 bits per heavy atom. The molecule has 0 aromatic carbocycles. The fourth-order valence-corrected chi connectivity index (χ4v) is 3.01. The van der Waals surface area contributed by atoms with Gasteiger partial charge in [0.1, 0.15) is 11.5 Å². The number of hydrogen-bond donors (Lipinski definition) is 1. The molecule has 0 spiro atoms. The van der Waals surface area contributed by atoms with Crippen LogP contribution in [0.4, 0.5) is 0 Å². The molecule has 1 rings (SSSR count). The molecule has 2 atom stereocenters. The fraction of sp³-hybridized carbons (Fsp3) is 0.714. The van der Waals surface area contributed by atoms with Crippen LogP contribution in [0.1, 0.15) is 45.6 Å². The second-order valence-corrected chi connectivity index (χ2v) is 6.67. The zero-order chi connectivity index (χ0) is 13.5. The minimum Gasteiger partial charge on any atom is -0.464 e. The summed E-state index contributed by atoms with van der Waals surface area (Å²) in [7, 11) is -0.815. The minimum absolute atomic E-state index is 0.443. The molecule has 18 heavy (non-hydrogen) atoms. The summed E-state index contributed by atoms with van der Waals surface area (Å²) < 4.78 is 17.6. The summed E-state index contributed by atoms with van der Waals surface area (Å²) >= 11 is 0.